The fourth-order valence-electron chi connectivity index (χ4n) is 4.02. The van der Waals surface area contributed by atoms with Gasteiger partial charge in [-0.3, -0.25) is 4.90 Å². The van der Waals surface area contributed by atoms with E-state index in [1.54, 1.807) is 0 Å². The van der Waals surface area contributed by atoms with Gasteiger partial charge in [-0.2, -0.15) is 0 Å². The average molecular weight is 286 g/mol. The second-order valence-corrected chi connectivity index (χ2v) is 7.17. The summed E-state index contributed by atoms with van der Waals surface area (Å²) < 4.78 is 0. The van der Waals surface area contributed by atoms with E-state index in [1.165, 1.54) is 57.2 Å². The third-order valence-electron chi connectivity index (χ3n) is 5.24. The molecule has 2 heteroatoms. The van der Waals surface area contributed by atoms with Crippen LogP contribution in [0.5, 0.6) is 0 Å². The Balaban J connectivity index is 1.40. The Bertz CT molecular complexity index is 409. The zero-order valence-electron chi connectivity index (χ0n) is 13.4. The molecule has 0 amide bonds. The number of hydrogen-bond donors (Lipinski definition) is 1. The van der Waals surface area contributed by atoms with Crippen molar-refractivity contribution in [3.05, 3.63) is 35.9 Å². The van der Waals surface area contributed by atoms with E-state index in [0.717, 1.165) is 24.5 Å². The highest BCUT2D eigenvalue weighted by Crippen LogP contribution is 2.25. The van der Waals surface area contributed by atoms with Crippen molar-refractivity contribution in [3.63, 3.8) is 0 Å². The van der Waals surface area contributed by atoms with E-state index in [-0.39, 0.29) is 0 Å². The van der Waals surface area contributed by atoms with Gasteiger partial charge in [0, 0.05) is 18.6 Å². The summed E-state index contributed by atoms with van der Waals surface area (Å²) in [5.41, 5.74) is 1.45. The summed E-state index contributed by atoms with van der Waals surface area (Å²) >= 11 is 0. The molecular formula is C19H30N2. The van der Waals surface area contributed by atoms with Gasteiger partial charge in [0.15, 0.2) is 0 Å². The molecule has 1 aliphatic carbocycles. The Morgan fingerprint density at radius 3 is 2.48 bits per heavy atom. The molecule has 0 unspecified atom stereocenters. The molecule has 0 aromatic heterocycles. The summed E-state index contributed by atoms with van der Waals surface area (Å²) in [7, 11) is 0. The number of nitrogens with one attached hydrogen (secondary N) is 1. The third kappa shape index (κ3) is 4.55. The number of rotatable bonds is 4. The van der Waals surface area contributed by atoms with Crippen molar-refractivity contribution in [2.24, 2.45) is 5.92 Å². The fraction of sp³-hybridized carbons (Fsp3) is 0.684. The lowest BCUT2D eigenvalue weighted by atomic mass is 9.86. The Morgan fingerprint density at radius 1 is 1.00 bits per heavy atom. The average Bonchev–Trinajstić information content (AvgIpc) is 2.50. The van der Waals surface area contributed by atoms with E-state index in [9.17, 15) is 0 Å². The van der Waals surface area contributed by atoms with Gasteiger partial charge in [-0.05, 0) is 50.3 Å². The van der Waals surface area contributed by atoms with Crippen LogP contribution in [0.2, 0.25) is 0 Å². The topological polar surface area (TPSA) is 15.3 Å². The summed E-state index contributed by atoms with van der Waals surface area (Å²) in [6.07, 6.45) is 8.29. The minimum Gasteiger partial charge on any atom is -0.311 e. The summed E-state index contributed by atoms with van der Waals surface area (Å²) in [6, 6.07) is 12.4. The van der Waals surface area contributed by atoms with Crippen LogP contribution in [0.1, 0.15) is 51.0 Å². The minimum atomic E-state index is 0.757. The van der Waals surface area contributed by atoms with Gasteiger partial charge >= 0.3 is 0 Å². The van der Waals surface area contributed by atoms with Crippen LogP contribution in [0.15, 0.2) is 30.3 Å². The second-order valence-electron chi connectivity index (χ2n) is 7.17. The first-order chi connectivity index (χ1) is 10.3. The van der Waals surface area contributed by atoms with E-state index in [1.807, 2.05) is 0 Å². The van der Waals surface area contributed by atoms with Crippen LogP contribution in [-0.2, 0) is 6.54 Å². The fourth-order valence-corrected chi connectivity index (χ4v) is 4.02. The quantitative estimate of drug-likeness (QED) is 0.905. The van der Waals surface area contributed by atoms with Gasteiger partial charge in [0.2, 0.25) is 0 Å². The molecule has 2 atom stereocenters. The van der Waals surface area contributed by atoms with Gasteiger partial charge in [-0.25, -0.2) is 0 Å². The van der Waals surface area contributed by atoms with Crippen LogP contribution in [0, 0.1) is 5.92 Å². The van der Waals surface area contributed by atoms with E-state index in [0.29, 0.717) is 0 Å². The molecule has 1 aromatic carbocycles. The lowest BCUT2D eigenvalue weighted by Crippen LogP contribution is -2.47. The maximum absolute atomic E-state index is 3.95. The number of benzene rings is 1. The molecule has 0 spiro atoms. The molecule has 1 heterocycles. The maximum atomic E-state index is 3.95. The first-order valence-corrected chi connectivity index (χ1v) is 8.82. The number of hydrogen-bond acceptors (Lipinski definition) is 2. The molecule has 1 aliphatic heterocycles. The smallest absolute Gasteiger partial charge is 0.0233 e. The number of piperidine rings is 1. The van der Waals surface area contributed by atoms with Crippen LogP contribution >= 0.6 is 0 Å². The first-order valence-electron chi connectivity index (χ1n) is 8.82. The Kier molecular flexibility index (Phi) is 5.32. The number of likely N-dealkylation sites (tertiary alicyclic amines) is 1. The van der Waals surface area contributed by atoms with Crippen molar-refractivity contribution < 1.29 is 0 Å². The first kappa shape index (κ1) is 15.1. The van der Waals surface area contributed by atoms with E-state index in [2.05, 4.69) is 47.5 Å². The van der Waals surface area contributed by atoms with Crippen LogP contribution in [0.4, 0.5) is 0 Å². The van der Waals surface area contributed by atoms with Crippen LogP contribution < -0.4 is 5.32 Å². The van der Waals surface area contributed by atoms with E-state index >= 15 is 0 Å². The lowest BCUT2D eigenvalue weighted by molar-refractivity contribution is 0.172. The van der Waals surface area contributed by atoms with Crippen molar-refractivity contribution in [3.8, 4) is 0 Å². The van der Waals surface area contributed by atoms with E-state index < -0.39 is 0 Å². The summed E-state index contributed by atoms with van der Waals surface area (Å²) in [4.78, 5) is 2.61. The predicted molar refractivity (Wildman–Crippen MR) is 89.3 cm³/mol. The maximum Gasteiger partial charge on any atom is 0.0233 e. The van der Waals surface area contributed by atoms with Gasteiger partial charge in [0.25, 0.3) is 0 Å². The van der Waals surface area contributed by atoms with Crippen molar-refractivity contribution >= 4 is 0 Å². The van der Waals surface area contributed by atoms with E-state index in [4.69, 9.17) is 0 Å². The molecule has 1 saturated heterocycles. The Hall–Kier alpha value is -0.860. The summed E-state index contributed by atoms with van der Waals surface area (Å²) in [5, 5.41) is 3.95. The molecule has 1 saturated carbocycles. The molecule has 116 valence electrons. The monoisotopic (exact) mass is 286 g/mol. The SMILES string of the molecule is C[C@@H]1CCC[C@@H](NC2CCN(Cc3ccccc3)CC2)C1. The highest BCUT2D eigenvalue weighted by Gasteiger charge is 2.24. The lowest BCUT2D eigenvalue weighted by Gasteiger charge is -2.36. The normalized spacial score (nSPS) is 28.6. The molecule has 1 N–H and O–H groups in total. The Morgan fingerprint density at radius 2 is 1.76 bits per heavy atom. The second kappa shape index (κ2) is 7.42. The molecular weight excluding hydrogens is 256 g/mol. The van der Waals surface area contributed by atoms with Gasteiger partial charge in [0.05, 0.1) is 0 Å². The summed E-state index contributed by atoms with van der Waals surface area (Å²) in [5.74, 6) is 0.925. The van der Waals surface area contributed by atoms with Crippen LogP contribution in [-0.4, -0.2) is 30.1 Å². The van der Waals surface area contributed by atoms with Gasteiger partial charge < -0.3 is 5.32 Å². The molecule has 3 rings (SSSR count). The van der Waals surface area contributed by atoms with Gasteiger partial charge in [0.1, 0.15) is 0 Å². The number of nitrogens with zero attached hydrogens (tertiary/aromatic N) is 1. The van der Waals surface area contributed by atoms with Gasteiger partial charge in [-0.1, -0.05) is 50.1 Å². The van der Waals surface area contributed by atoms with Crippen molar-refractivity contribution in [1.29, 1.82) is 0 Å². The molecule has 2 fully saturated rings. The van der Waals surface area contributed by atoms with Crippen molar-refractivity contribution in [2.75, 3.05) is 13.1 Å². The standard InChI is InChI=1S/C19H30N2/c1-16-6-5-9-19(14-16)20-18-10-12-21(13-11-18)15-17-7-3-2-4-8-17/h2-4,7-8,16,18-20H,5-6,9-15H2,1H3/t16-,19-/m1/s1. The highest BCUT2D eigenvalue weighted by molar-refractivity contribution is 5.14. The van der Waals surface area contributed by atoms with Crippen LogP contribution in [0.25, 0.3) is 0 Å². The third-order valence-corrected chi connectivity index (χ3v) is 5.24. The van der Waals surface area contributed by atoms with Crippen molar-refractivity contribution in [2.45, 2.75) is 64.1 Å². The largest absolute Gasteiger partial charge is 0.311 e. The van der Waals surface area contributed by atoms with Crippen molar-refractivity contribution in [1.82, 2.24) is 10.2 Å². The van der Waals surface area contributed by atoms with Gasteiger partial charge in [-0.15, -0.1) is 0 Å². The Labute approximate surface area is 129 Å². The minimum absolute atomic E-state index is 0.757. The molecule has 1 aromatic rings. The molecule has 0 radical (unpaired) electrons. The molecule has 21 heavy (non-hydrogen) atoms. The predicted octanol–water partition coefficient (Wildman–Crippen LogP) is 3.82. The summed E-state index contributed by atoms with van der Waals surface area (Å²) in [6.45, 7) is 6.02. The van der Waals surface area contributed by atoms with Crippen LogP contribution in [0.3, 0.4) is 0 Å². The zero-order valence-corrected chi connectivity index (χ0v) is 13.4. The molecule has 2 aliphatic rings. The zero-order chi connectivity index (χ0) is 14.5. The molecule has 2 nitrogen and oxygen atoms in total. The highest BCUT2D eigenvalue weighted by atomic mass is 15.1. The molecule has 0 bridgehead atoms.